The smallest absolute Gasteiger partial charge is 0.231 e. The van der Waals surface area contributed by atoms with Crippen molar-refractivity contribution in [3.05, 3.63) is 11.7 Å². The van der Waals surface area contributed by atoms with Crippen molar-refractivity contribution in [3.8, 4) is 0 Å². The summed E-state index contributed by atoms with van der Waals surface area (Å²) in [7, 11) is 1.95. The molecule has 6 nitrogen and oxygen atoms in total. The van der Waals surface area contributed by atoms with Crippen LogP contribution in [0.1, 0.15) is 57.7 Å². The zero-order chi connectivity index (χ0) is 15.3. The molecule has 0 radical (unpaired) electrons. The maximum Gasteiger partial charge on any atom is 0.231 e. The molecule has 0 spiro atoms. The number of nitrogens with zero attached hydrogens (tertiary/aromatic N) is 2. The number of nitrogens with one attached hydrogen (secondary N) is 1. The minimum Gasteiger partial charge on any atom is -0.381 e. The highest BCUT2D eigenvalue weighted by Crippen LogP contribution is 2.35. The summed E-state index contributed by atoms with van der Waals surface area (Å²) in [6, 6.07) is 0.293. The first-order chi connectivity index (χ1) is 10.2. The number of ether oxygens (including phenoxy) is 2. The van der Waals surface area contributed by atoms with Crippen LogP contribution in [0.15, 0.2) is 4.52 Å². The fourth-order valence-electron chi connectivity index (χ4n) is 2.92. The summed E-state index contributed by atoms with van der Waals surface area (Å²) in [4.78, 5) is 4.67. The molecule has 1 aromatic rings. The second-order valence-electron chi connectivity index (χ2n) is 5.59. The molecule has 6 heteroatoms. The van der Waals surface area contributed by atoms with Gasteiger partial charge in [0.25, 0.3) is 0 Å². The van der Waals surface area contributed by atoms with Crippen LogP contribution in [-0.2, 0) is 15.1 Å². The van der Waals surface area contributed by atoms with Crippen LogP contribution in [0.2, 0.25) is 0 Å². The van der Waals surface area contributed by atoms with Gasteiger partial charge >= 0.3 is 0 Å². The van der Waals surface area contributed by atoms with E-state index < -0.39 is 5.60 Å². The average Bonchev–Trinajstić information content (AvgIpc) is 2.99. The van der Waals surface area contributed by atoms with Gasteiger partial charge in [-0.25, -0.2) is 0 Å². The molecular weight excluding hydrogens is 270 g/mol. The van der Waals surface area contributed by atoms with Gasteiger partial charge in [-0.2, -0.15) is 4.98 Å². The lowest BCUT2D eigenvalue weighted by atomic mass is 9.93. The summed E-state index contributed by atoms with van der Waals surface area (Å²) in [6.07, 6.45) is 2.50. The zero-order valence-corrected chi connectivity index (χ0v) is 13.5. The van der Waals surface area contributed by atoms with Gasteiger partial charge in [0.05, 0.1) is 5.92 Å². The minimum atomic E-state index is -0.448. The molecule has 0 amide bonds. The van der Waals surface area contributed by atoms with Crippen LogP contribution in [-0.4, -0.2) is 43.1 Å². The Morgan fingerprint density at radius 3 is 2.62 bits per heavy atom. The van der Waals surface area contributed by atoms with Gasteiger partial charge in [0.15, 0.2) is 0 Å². The highest BCUT2D eigenvalue weighted by atomic mass is 16.5. The quantitative estimate of drug-likeness (QED) is 0.832. The van der Waals surface area contributed by atoms with Crippen LogP contribution >= 0.6 is 0 Å². The van der Waals surface area contributed by atoms with Crippen molar-refractivity contribution in [3.63, 3.8) is 0 Å². The topological polar surface area (TPSA) is 69.4 Å². The van der Waals surface area contributed by atoms with Crippen LogP contribution in [0.3, 0.4) is 0 Å². The predicted molar refractivity (Wildman–Crippen MR) is 79.2 cm³/mol. The summed E-state index contributed by atoms with van der Waals surface area (Å²) in [6.45, 7) is 8.24. The van der Waals surface area contributed by atoms with Crippen LogP contribution < -0.4 is 5.32 Å². The van der Waals surface area contributed by atoms with E-state index in [0.29, 0.717) is 37.6 Å². The monoisotopic (exact) mass is 297 g/mol. The van der Waals surface area contributed by atoms with Gasteiger partial charge in [-0.15, -0.1) is 0 Å². The number of aromatic nitrogens is 2. The second-order valence-corrected chi connectivity index (χ2v) is 5.59. The Morgan fingerprint density at radius 1 is 1.33 bits per heavy atom. The van der Waals surface area contributed by atoms with Gasteiger partial charge in [-0.05, 0) is 27.3 Å². The fourth-order valence-corrected chi connectivity index (χ4v) is 2.92. The Balaban J connectivity index is 2.23. The van der Waals surface area contributed by atoms with Gasteiger partial charge in [0.1, 0.15) is 5.60 Å². The van der Waals surface area contributed by atoms with E-state index in [9.17, 15) is 0 Å². The van der Waals surface area contributed by atoms with Gasteiger partial charge in [-0.1, -0.05) is 12.1 Å². The third kappa shape index (κ3) is 3.44. The molecule has 2 unspecified atom stereocenters. The first-order valence-electron chi connectivity index (χ1n) is 7.90. The second kappa shape index (κ2) is 7.33. The van der Waals surface area contributed by atoms with Crippen molar-refractivity contribution < 1.29 is 14.0 Å². The molecule has 0 bridgehead atoms. The highest BCUT2D eigenvalue weighted by molar-refractivity contribution is 5.06. The van der Waals surface area contributed by atoms with Crippen molar-refractivity contribution >= 4 is 0 Å². The Kier molecular flexibility index (Phi) is 5.72. The molecule has 1 aliphatic heterocycles. The van der Waals surface area contributed by atoms with Crippen molar-refractivity contribution in [2.45, 2.75) is 57.6 Å². The largest absolute Gasteiger partial charge is 0.381 e. The average molecular weight is 297 g/mol. The minimum absolute atomic E-state index is 0.217. The lowest BCUT2D eigenvalue weighted by Crippen LogP contribution is -2.37. The van der Waals surface area contributed by atoms with E-state index in [1.807, 2.05) is 14.0 Å². The summed E-state index contributed by atoms with van der Waals surface area (Å²) in [5, 5.41) is 7.48. The van der Waals surface area contributed by atoms with E-state index in [2.05, 4.69) is 29.3 Å². The third-order valence-electron chi connectivity index (χ3n) is 4.39. The molecular formula is C15H27N3O3. The molecule has 2 rings (SSSR count). The Hall–Kier alpha value is -0.980. The first-order valence-corrected chi connectivity index (χ1v) is 7.90. The van der Waals surface area contributed by atoms with E-state index >= 15 is 0 Å². The van der Waals surface area contributed by atoms with Crippen molar-refractivity contribution in [2.24, 2.45) is 0 Å². The predicted octanol–water partition coefficient (Wildman–Crippen LogP) is 2.21. The van der Waals surface area contributed by atoms with E-state index in [1.54, 1.807) is 0 Å². The first kappa shape index (κ1) is 16.4. The van der Waals surface area contributed by atoms with Gasteiger partial charge < -0.3 is 19.3 Å². The number of rotatable bonds is 7. The van der Waals surface area contributed by atoms with E-state index in [1.165, 1.54) is 0 Å². The molecule has 21 heavy (non-hydrogen) atoms. The van der Waals surface area contributed by atoms with Crippen LogP contribution in [0.25, 0.3) is 0 Å². The molecule has 1 saturated heterocycles. The maximum absolute atomic E-state index is 5.99. The standard InChI is InChI=1S/C15H27N3O3/c1-5-12(11(3)16-4)13-17-14(18-21-13)15(20-6-2)7-9-19-10-8-15/h11-12,16H,5-10H2,1-4H3. The fraction of sp³-hybridized carbons (Fsp3) is 0.867. The van der Waals surface area contributed by atoms with Crippen LogP contribution in [0.4, 0.5) is 0 Å². The molecule has 2 atom stereocenters. The maximum atomic E-state index is 5.99. The molecule has 2 heterocycles. The summed E-state index contributed by atoms with van der Waals surface area (Å²) < 4.78 is 17.0. The van der Waals surface area contributed by atoms with Crippen LogP contribution in [0, 0.1) is 0 Å². The molecule has 1 fully saturated rings. The highest BCUT2D eigenvalue weighted by Gasteiger charge is 2.40. The summed E-state index contributed by atoms with van der Waals surface area (Å²) >= 11 is 0. The summed E-state index contributed by atoms with van der Waals surface area (Å²) in [5.41, 5.74) is -0.448. The third-order valence-corrected chi connectivity index (χ3v) is 4.39. The van der Waals surface area contributed by atoms with Gasteiger partial charge in [0, 0.05) is 38.7 Å². The number of likely N-dealkylation sites (N-methyl/N-ethyl adjacent to an activating group) is 1. The van der Waals surface area contributed by atoms with E-state index in [4.69, 9.17) is 14.0 Å². The zero-order valence-electron chi connectivity index (χ0n) is 13.5. The van der Waals surface area contributed by atoms with Gasteiger partial charge in [-0.3, -0.25) is 0 Å². The molecule has 1 aliphatic rings. The van der Waals surface area contributed by atoms with Crippen molar-refractivity contribution in [2.75, 3.05) is 26.9 Å². The molecule has 120 valence electrons. The van der Waals surface area contributed by atoms with Crippen molar-refractivity contribution in [1.29, 1.82) is 0 Å². The lowest BCUT2D eigenvalue weighted by Gasteiger charge is -2.33. The number of hydrogen-bond donors (Lipinski definition) is 1. The Bertz CT molecular complexity index is 424. The SMILES string of the molecule is CCOC1(c2noc(C(CC)C(C)NC)n2)CCOCC1. The Morgan fingerprint density at radius 2 is 2.05 bits per heavy atom. The van der Waals surface area contributed by atoms with E-state index in [0.717, 1.165) is 19.3 Å². The molecule has 1 N–H and O–H groups in total. The molecule has 0 saturated carbocycles. The molecule has 0 aromatic carbocycles. The van der Waals surface area contributed by atoms with Gasteiger partial charge in [0.2, 0.25) is 11.7 Å². The lowest BCUT2D eigenvalue weighted by molar-refractivity contribution is -0.118. The van der Waals surface area contributed by atoms with E-state index in [-0.39, 0.29) is 5.92 Å². The molecule has 0 aliphatic carbocycles. The summed E-state index contributed by atoms with van der Waals surface area (Å²) in [5.74, 6) is 1.58. The van der Waals surface area contributed by atoms with Crippen molar-refractivity contribution in [1.82, 2.24) is 15.5 Å². The van der Waals surface area contributed by atoms with Crippen LogP contribution in [0.5, 0.6) is 0 Å². The number of hydrogen-bond acceptors (Lipinski definition) is 6. The Labute approximate surface area is 126 Å². The molecule has 1 aromatic heterocycles. The normalized spacial score (nSPS) is 21.1.